The molecule has 126 valence electrons. The highest BCUT2D eigenvalue weighted by Gasteiger charge is 2.31. The smallest absolute Gasteiger partial charge is 0.406 e. The number of nitrogens with zero attached hydrogens (tertiary/aromatic N) is 4. The second kappa shape index (κ2) is 7.08. The molecule has 0 saturated heterocycles. The van der Waals surface area contributed by atoms with Gasteiger partial charge in [0.2, 0.25) is 0 Å². The predicted octanol–water partition coefficient (Wildman–Crippen LogP) is 4.19. The molecule has 8 heteroatoms. The van der Waals surface area contributed by atoms with Crippen LogP contribution in [0.4, 0.5) is 18.9 Å². The lowest BCUT2D eigenvalue weighted by atomic mass is 10.1. The first-order chi connectivity index (χ1) is 12.0. The summed E-state index contributed by atoms with van der Waals surface area (Å²) in [5, 5.41) is 0. The summed E-state index contributed by atoms with van der Waals surface area (Å²) in [6.45, 7) is 0. The van der Waals surface area contributed by atoms with Crippen molar-refractivity contribution in [3.63, 3.8) is 0 Å². The fourth-order valence-corrected chi connectivity index (χ4v) is 2.04. The Balaban J connectivity index is 1.87. The molecule has 0 unspecified atom stereocenters. The van der Waals surface area contributed by atoms with Crippen LogP contribution in [0.25, 0.3) is 11.3 Å². The van der Waals surface area contributed by atoms with Crippen molar-refractivity contribution >= 4 is 11.9 Å². The van der Waals surface area contributed by atoms with Gasteiger partial charge >= 0.3 is 6.36 Å². The highest BCUT2D eigenvalue weighted by atomic mass is 19.4. The molecule has 0 N–H and O–H groups in total. The molecular formula is C17H11F3N4O. The van der Waals surface area contributed by atoms with E-state index in [0.29, 0.717) is 22.6 Å². The zero-order valence-electron chi connectivity index (χ0n) is 12.7. The maximum Gasteiger partial charge on any atom is 0.573 e. The molecule has 0 atom stereocenters. The minimum absolute atomic E-state index is 0.302. The number of hydrogen-bond acceptors (Lipinski definition) is 5. The Kier molecular flexibility index (Phi) is 4.69. The van der Waals surface area contributed by atoms with E-state index in [-0.39, 0.29) is 5.75 Å². The van der Waals surface area contributed by atoms with Crippen molar-refractivity contribution in [1.82, 2.24) is 15.0 Å². The van der Waals surface area contributed by atoms with Gasteiger partial charge in [0.05, 0.1) is 23.8 Å². The Bertz CT molecular complexity index is 865. The number of alkyl halides is 3. The first-order valence-corrected chi connectivity index (χ1v) is 7.12. The number of pyridine rings is 1. The molecule has 2 heterocycles. The van der Waals surface area contributed by atoms with Gasteiger partial charge in [-0.25, -0.2) is 9.97 Å². The summed E-state index contributed by atoms with van der Waals surface area (Å²) in [6.07, 6.45) is 1.33. The van der Waals surface area contributed by atoms with Crippen molar-refractivity contribution in [2.45, 2.75) is 6.36 Å². The molecule has 25 heavy (non-hydrogen) atoms. The summed E-state index contributed by atoms with van der Waals surface area (Å²) in [4.78, 5) is 16.5. The third-order valence-corrected chi connectivity index (χ3v) is 3.08. The van der Waals surface area contributed by atoms with Crippen LogP contribution in [-0.4, -0.2) is 27.5 Å². The molecule has 0 aliphatic rings. The van der Waals surface area contributed by atoms with E-state index in [4.69, 9.17) is 0 Å². The van der Waals surface area contributed by atoms with Crippen LogP contribution < -0.4 is 4.74 Å². The second-order valence-electron chi connectivity index (χ2n) is 4.84. The molecule has 0 radical (unpaired) electrons. The van der Waals surface area contributed by atoms with Gasteiger partial charge in [0.1, 0.15) is 17.8 Å². The average molecular weight is 344 g/mol. The molecule has 2 aromatic heterocycles. The van der Waals surface area contributed by atoms with Crippen molar-refractivity contribution in [3.8, 4) is 17.0 Å². The highest BCUT2D eigenvalue weighted by Crippen LogP contribution is 2.30. The molecule has 0 aliphatic heterocycles. The lowest BCUT2D eigenvalue weighted by Crippen LogP contribution is -2.16. The minimum Gasteiger partial charge on any atom is -0.406 e. The van der Waals surface area contributed by atoms with Crippen LogP contribution in [0.15, 0.2) is 66.2 Å². The highest BCUT2D eigenvalue weighted by molar-refractivity contribution is 5.82. The Morgan fingerprint density at radius 1 is 1.00 bits per heavy atom. The third-order valence-electron chi connectivity index (χ3n) is 3.08. The van der Waals surface area contributed by atoms with E-state index in [9.17, 15) is 13.2 Å². The summed E-state index contributed by atoms with van der Waals surface area (Å²) in [6, 6.07) is 10.8. The van der Waals surface area contributed by atoms with Crippen molar-refractivity contribution in [3.05, 3.63) is 66.9 Å². The molecular weight excluding hydrogens is 333 g/mol. The largest absolute Gasteiger partial charge is 0.573 e. The van der Waals surface area contributed by atoms with Crippen LogP contribution in [0.1, 0.15) is 5.69 Å². The quantitative estimate of drug-likeness (QED) is 0.666. The zero-order chi connectivity index (χ0) is 17.7. The molecule has 3 aromatic rings. The topological polar surface area (TPSA) is 60.3 Å². The van der Waals surface area contributed by atoms with Gasteiger partial charge in [-0.15, -0.1) is 13.2 Å². The van der Waals surface area contributed by atoms with Crippen LogP contribution in [0.3, 0.4) is 0 Å². The summed E-state index contributed by atoms with van der Waals surface area (Å²) in [5.41, 5.74) is 2.20. The zero-order valence-corrected chi connectivity index (χ0v) is 12.7. The molecule has 5 nitrogen and oxygen atoms in total. The summed E-state index contributed by atoms with van der Waals surface area (Å²) in [7, 11) is 0. The van der Waals surface area contributed by atoms with Gasteiger partial charge in [-0.05, 0) is 36.4 Å². The average Bonchev–Trinajstić information content (AvgIpc) is 2.60. The number of benzene rings is 1. The minimum atomic E-state index is -4.73. The monoisotopic (exact) mass is 344 g/mol. The number of halogens is 3. The maximum absolute atomic E-state index is 12.2. The van der Waals surface area contributed by atoms with Crippen LogP contribution in [-0.2, 0) is 0 Å². The van der Waals surface area contributed by atoms with Gasteiger partial charge in [-0.3, -0.25) is 9.98 Å². The third kappa shape index (κ3) is 4.60. The molecule has 3 rings (SSSR count). The normalized spacial score (nSPS) is 11.6. The van der Waals surface area contributed by atoms with Crippen LogP contribution in [0.2, 0.25) is 0 Å². The van der Waals surface area contributed by atoms with Crippen LogP contribution >= 0.6 is 0 Å². The molecule has 0 saturated carbocycles. The van der Waals surface area contributed by atoms with Crippen LogP contribution in [0, 0.1) is 0 Å². The van der Waals surface area contributed by atoms with Crippen molar-refractivity contribution in [1.29, 1.82) is 0 Å². The van der Waals surface area contributed by atoms with E-state index >= 15 is 0 Å². The van der Waals surface area contributed by atoms with E-state index in [1.54, 1.807) is 24.5 Å². The van der Waals surface area contributed by atoms with E-state index in [0.717, 1.165) is 0 Å². The molecule has 1 aromatic carbocycles. The Morgan fingerprint density at radius 3 is 2.48 bits per heavy atom. The first kappa shape index (κ1) is 16.6. The fraction of sp³-hybridized carbons (Fsp3) is 0.0588. The maximum atomic E-state index is 12.2. The van der Waals surface area contributed by atoms with Gasteiger partial charge in [-0.1, -0.05) is 6.07 Å². The number of aromatic nitrogens is 3. The van der Waals surface area contributed by atoms with Crippen LogP contribution in [0.5, 0.6) is 5.75 Å². The number of ether oxygens (including phenoxy) is 1. The van der Waals surface area contributed by atoms with E-state index in [2.05, 4.69) is 24.7 Å². The van der Waals surface area contributed by atoms with Gasteiger partial charge < -0.3 is 4.74 Å². The molecule has 0 aliphatic carbocycles. The Labute approximate surface area is 140 Å². The number of aliphatic imine (C=N–C) groups is 1. The Hall–Kier alpha value is -3.29. The van der Waals surface area contributed by atoms with Gasteiger partial charge in [0, 0.05) is 11.8 Å². The van der Waals surface area contributed by atoms with E-state index < -0.39 is 6.36 Å². The standard InChI is InChI=1S/C17H11F3N4O/c18-17(19,20)25-14-6-4-12(5-7-14)16-15(10-21-11-24-16)23-9-13-3-1-2-8-22-13/h1-11H. The molecule has 0 spiro atoms. The molecule has 0 amide bonds. The SMILES string of the molecule is FC(F)(F)Oc1ccc(-c2ncncc2N=Cc2ccccn2)cc1. The molecule has 0 fully saturated rings. The van der Waals surface area contributed by atoms with E-state index in [1.807, 2.05) is 6.07 Å². The van der Waals surface area contributed by atoms with Gasteiger partial charge in [0.25, 0.3) is 0 Å². The van der Waals surface area contributed by atoms with Crippen molar-refractivity contribution in [2.24, 2.45) is 4.99 Å². The number of rotatable bonds is 4. The first-order valence-electron chi connectivity index (χ1n) is 7.12. The predicted molar refractivity (Wildman–Crippen MR) is 85.6 cm³/mol. The fourth-order valence-electron chi connectivity index (χ4n) is 2.04. The lowest BCUT2D eigenvalue weighted by molar-refractivity contribution is -0.274. The second-order valence-corrected chi connectivity index (χ2v) is 4.84. The summed E-state index contributed by atoms with van der Waals surface area (Å²) in [5.74, 6) is -0.302. The summed E-state index contributed by atoms with van der Waals surface area (Å²) < 4.78 is 40.5. The number of hydrogen-bond donors (Lipinski definition) is 0. The molecule has 0 bridgehead atoms. The Morgan fingerprint density at radius 2 is 1.80 bits per heavy atom. The summed E-state index contributed by atoms with van der Waals surface area (Å²) >= 11 is 0. The van der Waals surface area contributed by atoms with Crippen molar-refractivity contribution < 1.29 is 17.9 Å². The van der Waals surface area contributed by atoms with Gasteiger partial charge in [-0.2, -0.15) is 0 Å². The van der Waals surface area contributed by atoms with E-state index in [1.165, 1.54) is 36.8 Å². The van der Waals surface area contributed by atoms with Crippen molar-refractivity contribution in [2.75, 3.05) is 0 Å². The van der Waals surface area contributed by atoms with Gasteiger partial charge in [0.15, 0.2) is 0 Å². The lowest BCUT2D eigenvalue weighted by Gasteiger charge is -2.09.